The van der Waals surface area contributed by atoms with Gasteiger partial charge >= 0.3 is 0 Å². The van der Waals surface area contributed by atoms with Gasteiger partial charge in [-0.1, -0.05) is 47.5 Å². The van der Waals surface area contributed by atoms with E-state index in [1.807, 2.05) is 0 Å². The van der Waals surface area contributed by atoms with E-state index in [2.05, 4.69) is 53.0 Å². The highest BCUT2D eigenvalue weighted by molar-refractivity contribution is 6.73. The van der Waals surface area contributed by atoms with Crippen LogP contribution in [0.15, 0.2) is 0 Å². The van der Waals surface area contributed by atoms with Gasteiger partial charge in [-0.2, -0.15) is 0 Å². The smallest absolute Gasteiger partial charge is 0.156 e. The maximum Gasteiger partial charge on any atom is 0.156 e. The quantitative estimate of drug-likeness (QED) is 0.467. The third kappa shape index (κ3) is 4.49. The summed E-state index contributed by atoms with van der Waals surface area (Å²) < 4.78 is 0. The highest BCUT2D eigenvalue weighted by Gasteiger charge is 2.35. The summed E-state index contributed by atoms with van der Waals surface area (Å²) in [5.41, 5.74) is 3.25. The number of hydrogen-bond donors (Lipinski definition) is 1. The van der Waals surface area contributed by atoms with Gasteiger partial charge in [-0.25, -0.2) is 0 Å². The summed E-state index contributed by atoms with van der Waals surface area (Å²) in [5.74, 6) is 2.81. The Morgan fingerprint density at radius 1 is 1.00 bits per heavy atom. The summed E-state index contributed by atoms with van der Waals surface area (Å²) in [4.78, 5) is 0. The van der Waals surface area contributed by atoms with E-state index in [-0.39, 0.29) is 16.7 Å². The first kappa shape index (κ1) is 12.7. The lowest BCUT2D eigenvalue weighted by Gasteiger charge is -2.34. The molecule has 13 heavy (non-hydrogen) atoms. The zero-order chi connectivity index (χ0) is 10.7. The molecule has 1 nitrogen and oxygen atoms in total. The molecular weight excluding hydrogens is 176 g/mol. The van der Waals surface area contributed by atoms with Crippen LogP contribution in [0.4, 0.5) is 0 Å². The van der Waals surface area contributed by atoms with Crippen molar-refractivity contribution in [2.75, 3.05) is 6.61 Å². The Hall–Kier alpha value is -0.263. The van der Waals surface area contributed by atoms with Gasteiger partial charge in [0.1, 0.15) is 6.61 Å². The van der Waals surface area contributed by atoms with Crippen LogP contribution in [-0.2, 0) is 0 Å². The van der Waals surface area contributed by atoms with Crippen molar-refractivity contribution < 1.29 is 5.11 Å². The highest BCUT2D eigenvalue weighted by Crippen LogP contribution is 2.41. The molecule has 0 saturated heterocycles. The Kier molecular flexibility index (Phi) is 4.21. The predicted molar refractivity (Wildman–Crippen MR) is 60.0 cm³/mol. The first-order chi connectivity index (χ1) is 5.69. The fourth-order valence-corrected chi connectivity index (χ4v) is 4.88. The van der Waals surface area contributed by atoms with Crippen molar-refractivity contribution in [3.63, 3.8) is 0 Å². The summed E-state index contributed by atoms with van der Waals surface area (Å²) in [6.45, 7) is 13.4. The Bertz CT molecular complexity index is 195. The predicted octanol–water partition coefficient (Wildman–Crippen LogP) is 2.62. The van der Waals surface area contributed by atoms with Gasteiger partial charge in [-0.15, -0.1) is 5.54 Å². The van der Waals surface area contributed by atoms with Crippen LogP contribution in [0.2, 0.25) is 10.1 Å². The molecule has 75 valence electrons. The maximum atomic E-state index is 8.69. The Balaban J connectivity index is 4.79. The van der Waals surface area contributed by atoms with Crippen molar-refractivity contribution in [3.8, 4) is 11.5 Å². The van der Waals surface area contributed by atoms with E-state index in [1.165, 1.54) is 0 Å². The molecular formula is C11H21OSi. The molecule has 0 heterocycles. The molecule has 0 saturated carbocycles. The maximum absolute atomic E-state index is 8.69. The van der Waals surface area contributed by atoms with E-state index in [4.69, 9.17) is 5.11 Å². The molecule has 0 bridgehead atoms. The molecule has 0 atom stereocenters. The molecule has 0 aliphatic carbocycles. The van der Waals surface area contributed by atoms with Gasteiger partial charge < -0.3 is 5.11 Å². The monoisotopic (exact) mass is 197 g/mol. The van der Waals surface area contributed by atoms with Gasteiger partial charge in [0.05, 0.1) is 0 Å². The van der Waals surface area contributed by atoms with Crippen molar-refractivity contribution in [2.45, 2.75) is 51.6 Å². The number of rotatable bonds is 0. The molecule has 1 N–H and O–H groups in total. The van der Waals surface area contributed by atoms with Gasteiger partial charge in [0.15, 0.2) is 8.80 Å². The van der Waals surface area contributed by atoms with Crippen molar-refractivity contribution in [1.82, 2.24) is 0 Å². The summed E-state index contributed by atoms with van der Waals surface area (Å²) in [6.07, 6.45) is 0. The summed E-state index contributed by atoms with van der Waals surface area (Å²) in [6, 6.07) is 0. The second-order valence-electron chi connectivity index (χ2n) is 5.33. The van der Waals surface area contributed by atoms with Crippen LogP contribution in [0.1, 0.15) is 41.5 Å². The summed E-state index contributed by atoms with van der Waals surface area (Å²) in [7, 11) is -0.759. The van der Waals surface area contributed by atoms with Crippen LogP contribution >= 0.6 is 0 Å². The van der Waals surface area contributed by atoms with E-state index < -0.39 is 8.80 Å². The number of aliphatic hydroxyl groups is 1. The molecule has 0 unspecified atom stereocenters. The highest BCUT2D eigenvalue weighted by atomic mass is 28.3. The molecule has 0 aliphatic heterocycles. The van der Waals surface area contributed by atoms with E-state index >= 15 is 0 Å². The summed E-state index contributed by atoms with van der Waals surface area (Å²) in [5, 5.41) is 9.23. The fourth-order valence-electron chi connectivity index (χ4n) is 1.63. The van der Waals surface area contributed by atoms with Crippen molar-refractivity contribution in [2.24, 2.45) is 0 Å². The average molecular weight is 197 g/mol. The molecule has 0 fully saturated rings. The molecule has 0 amide bonds. The first-order valence-corrected chi connectivity index (χ1v) is 6.17. The van der Waals surface area contributed by atoms with Crippen LogP contribution in [0, 0.1) is 11.5 Å². The van der Waals surface area contributed by atoms with E-state index in [0.29, 0.717) is 0 Å². The molecule has 0 aliphatic rings. The number of hydrogen-bond acceptors (Lipinski definition) is 1. The fraction of sp³-hybridized carbons (Fsp3) is 0.818. The molecule has 1 radical (unpaired) electrons. The molecule has 0 rings (SSSR count). The zero-order valence-corrected chi connectivity index (χ0v) is 10.7. The standard InChI is InChI=1S/C11H21OSi/c1-10(2,3)13(9-7-8-12)11(4,5)6/h12H,8H2,1-6H3. The Labute approximate surface area is 84.2 Å². The number of aliphatic hydroxyl groups excluding tert-OH is 1. The lowest BCUT2D eigenvalue weighted by Crippen LogP contribution is -2.34. The van der Waals surface area contributed by atoms with Gasteiger partial charge in [0.2, 0.25) is 0 Å². The Morgan fingerprint density at radius 3 is 1.62 bits per heavy atom. The van der Waals surface area contributed by atoms with E-state index in [1.54, 1.807) is 0 Å². The first-order valence-electron chi connectivity index (χ1n) is 4.67. The lowest BCUT2D eigenvalue weighted by atomic mass is 10.2. The third-order valence-electron chi connectivity index (χ3n) is 1.79. The van der Waals surface area contributed by atoms with Crippen LogP contribution in [0.3, 0.4) is 0 Å². The molecule has 0 aromatic carbocycles. The zero-order valence-electron chi connectivity index (χ0n) is 9.65. The van der Waals surface area contributed by atoms with Crippen molar-refractivity contribution >= 4 is 8.80 Å². The Morgan fingerprint density at radius 2 is 1.38 bits per heavy atom. The van der Waals surface area contributed by atoms with Crippen molar-refractivity contribution in [3.05, 3.63) is 0 Å². The van der Waals surface area contributed by atoms with Crippen LogP contribution in [0.5, 0.6) is 0 Å². The minimum Gasteiger partial charge on any atom is -0.384 e. The average Bonchev–Trinajstić information content (AvgIpc) is 1.81. The minimum atomic E-state index is -0.759. The second-order valence-corrected chi connectivity index (χ2v) is 9.33. The molecule has 0 spiro atoms. The third-order valence-corrected chi connectivity index (χ3v) is 5.22. The SMILES string of the molecule is CC(C)(C)[Si](C#CCO)C(C)(C)C. The largest absolute Gasteiger partial charge is 0.384 e. The topological polar surface area (TPSA) is 20.2 Å². The van der Waals surface area contributed by atoms with Gasteiger partial charge in [0.25, 0.3) is 0 Å². The van der Waals surface area contributed by atoms with Gasteiger partial charge in [-0.05, 0) is 10.1 Å². The van der Waals surface area contributed by atoms with Gasteiger partial charge in [0, 0.05) is 0 Å². The van der Waals surface area contributed by atoms with Crippen LogP contribution in [-0.4, -0.2) is 20.5 Å². The van der Waals surface area contributed by atoms with Crippen LogP contribution < -0.4 is 0 Å². The lowest BCUT2D eigenvalue weighted by molar-refractivity contribution is 0.350. The molecule has 0 aromatic heterocycles. The van der Waals surface area contributed by atoms with Crippen molar-refractivity contribution in [1.29, 1.82) is 0 Å². The second kappa shape index (κ2) is 4.30. The minimum absolute atomic E-state index is 0.0136. The molecule has 2 heteroatoms. The van der Waals surface area contributed by atoms with E-state index in [9.17, 15) is 0 Å². The molecule has 0 aromatic rings. The van der Waals surface area contributed by atoms with Gasteiger partial charge in [-0.3, -0.25) is 0 Å². The van der Waals surface area contributed by atoms with E-state index in [0.717, 1.165) is 0 Å². The normalized spacial score (nSPS) is 12.6. The summed E-state index contributed by atoms with van der Waals surface area (Å²) >= 11 is 0. The van der Waals surface area contributed by atoms with Crippen LogP contribution in [0.25, 0.3) is 0 Å².